The molecule has 0 radical (unpaired) electrons. The number of hydrogen-bond acceptors (Lipinski definition) is 5. The van der Waals surface area contributed by atoms with E-state index < -0.39 is 5.82 Å². The number of para-hydroxylation sites is 1. The molecule has 2 aromatic carbocycles. The number of halogens is 2. The summed E-state index contributed by atoms with van der Waals surface area (Å²) in [7, 11) is 0. The predicted molar refractivity (Wildman–Crippen MR) is 114 cm³/mol. The second-order valence-electron chi connectivity index (χ2n) is 6.63. The lowest BCUT2D eigenvalue weighted by Gasteiger charge is -2.36. The third-order valence-corrected chi connectivity index (χ3v) is 5.15. The van der Waals surface area contributed by atoms with Crippen LogP contribution < -0.4 is 10.7 Å². The fourth-order valence-corrected chi connectivity index (χ4v) is 3.55. The van der Waals surface area contributed by atoms with Crippen LogP contribution in [0.15, 0.2) is 68.2 Å². The summed E-state index contributed by atoms with van der Waals surface area (Å²) in [5, 5.41) is 0.641. The van der Waals surface area contributed by atoms with Crippen LogP contribution in [0, 0.1) is 0 Å². The Morgan fingerprint density at radius 3 is 2.25 bits per heavy atom. The first kappa shape index (κ1) is 20.5. The molecule has 0 saturated carbocycles. The van der Waals surface area contributed by atoms with Gasteiger partial charge >= 0.3 is 5.82 Å². The summed E-state index contributed by atoms with van der Waals surface area (Å²) in [5.41, 5.74) is 2.07. The van der Waals surface area contributed by atoms with Crippen molar-refractivity contribution in [2.24, 2.45) is 0 Å². The smallest absolute Gasteiger partial charge is 0.395 e. The van der Waals surface area contributed by atoms with Crippen LogP contribution in [0.2, 0.25) is 5.02 Å². The van der Waals surface area contributed by atoms with Gasteiger partial charge in [0.15, 0.2) is 11.5 Å². The predicted octanol–water partition coefficient (Wildman–Crippen LogP) is 4.34. The zero-order valence-corrected chi connectivity index (χ0v) is 16.9. The Labute approximate surface area is 174 Å². The maximum atomic E-state index is 11.6. The molecule has 7 heteroatoms. The SMILES string of the molecule is Cl.O=c1oc(CCN2CCN(c3ccccc3)CC2)c(-c2ccc(Cl)cc2)o1. The van der Waals surface area contributed by atoms with Gasteiger partial charge in [0.2, 0.25) is 0 Å². The lowest BCUT2D eigenvalue weighted by atomic mass is 10.1. The van der Waals surface area contributed by atoms with E-state index in [1.165, 1.54) is 5.69 Å². The first-order valence-electron chi connectivity index (χ1n) is 9.10. The Bertz CT molecular complexity index is 930. The van der Waals surface area contributed by atoms with Gasteiger partial charge in [0, 0.05) is 55.4 Å². The first-order chi connectivity index (χ1) is 13.2. The van der Waals surface area contributed by atoms with Gasteiger partial charge in [0.1, 0.15) is 0 Å². The van der Waals surface area contributed by atoms with Gasteiger partial charge in [0.25, 0.3) is 0 Å². The Morgan fingerprint density at radius 2 is 1.57 bits per heavy atom. The molecular formula is C21H22Cl2N2O3. The van der Waals surface area contributed by atoms with Crippen molar-refractivity contribution >= 4 is 29.7 Å². The number of anilines is 1. The van der Waals surface area contributed by atoms with Crippen LogP contribution in [0.3, 0.4) is 0 Å². The topological polar surface area (TPSA) is 49.8 Å². The average Bonchev–Trinajstić information content (AvgIpc) is 3.08. The van der Waals surface area contributed by atoms with E-state index in [4.69, 9.17) is 20.4 Å². The fraction of sp³-hybridized carbons (Fsp3) is 0.286. The zero-order chi connectivity index (χ0) is 18.6. The Morgan fingerprint density at radius 1 is 0.893 bits per heavy atom. The van der Waals surface area contributed by atoms with Gasteiger partial charge in [-0.2, -0.15) is 0 Å². The maximum absolute atomic E-state index is 11.6. The Kier molecular flexibility index (Phi) is 6.83. The molecule has 148 valence electrons. The third kappa shape index (κ3) is 4.79. The van der Waals surface area contributed by atoms with Crippen molar-refractivity contribution in [3.05, 3.63) is 76.0 Å². The number of hydrogen-bond donors (Lipinski definition) is 0. The zero-order valence-electron chi connectivity index (χ0n) is 15.3. The molecule has 0 amide bonds. The normalized spacial score (nSPS) is 14.7. The number of benzene rings is 2. The molecule has 3 aromatic rings. The number of piperazine rings is 1. The third-order valence-electron chi connectivity index (χ3n) is 4.90. The van der Waals surface area contributed by atoms with E-state index >= 15 is 0 Å². The second-order valence-corrected chi connectivity index (χ2v) is 7.06. The summed E-state index contributed by atoms with van der Waals surface area (Å²) in [6, 6.07) is 17.7. The van der Waals surface area contributed by atoms with Crippen molar-refractivity contribution in [3.8, 4) is 11.3 Å². The largest absolute Gasteiger partial charge is 0.519 e. The summed E-state index contributed by atoms with van der Waals surface area (Å²) in [6.45, 7) is 4.76. The van der Waals surface area contributed by atoms with E-state index in [1.54, 1.807) is 12.1 Å². The van der Waals surface area contributed by atoms with Crippen LogP contribution in [-0.4, -0.2) is 37.6 Å². The highest BCUT2D eigenvalue weighted by molar-refractivity contribution is 6.30. The molecule has 1 fully saturated rings. The number of nitrogens with zero attached hydrogens (tertiary/aromatic N) is 2. The second kappa shape index (κ2) is 9.32. The van der Waals surface area contributed by atoms with Gasteiger partial charge in [0.05, 0.1) is 0 Å². The Balaban J connectivity index is 0.00000225. The minimum atomic E-state index is -0.663. The summed E-state index contributed by atoms with van der Waals surface area (Å²) in [6.07, 6.45) is 0.634. The lowest BCUT2D eigenvalue weighted by Crippen LogP contribution is -2.47. The monoisotopic (exact) mass is 420 g/mol. The van der Waals surface area contributed by atoms with Crippen molar-refractivity contribution in [3.63, 3.8) is 0 Å². The van der Waals surface area contributed by atoms with Gasteiger partial charge in [-0.25, -0.2) is 4.79 Å². The molecule has 0 atom stereocenters. The molecule has 1 saturated heterocycles. The van der Waals surface area contributed by atoms with Crippen LogP contribution in [-0.2, 0) is 6.42 Å². The van der Waals surface area contributed by atoms with Crippen molar-refractivity contribution in [2.75, 3.05) is 37.6 Å². The molecule has 0 aliphatic carbocycles. The lowest BCUT2D eigenvalue weighted by molar-refractivity contribution is 0.254. The van der Waals surface area contributed by atoms with Crippen molar-refractivity contribution in [1.82, 2.24) is 4.90 Å². The molecular weight excluding hydrogens is 399 g/mol. The minimum absolute atomic E-state index is 0. The molecule has 0 N–H and O–H groups in total. The van der Waals surface area contributed by atoms with Crippen LogP contribution in [0.1, 0.15) is 5.76 Å². The van der Waals surface area contributed by atoms with E-state index in [9.17, 15) is 4.79 Å². The molecule has 5 nitrogen and oxygen atoms in total. The molecule has 1 aliphatic rings. The van der Waals surface area contributed by atoms with Crippen LogP contribution in [0.25, 0.3) is 11.3 Å². The van der Waals surface area contributed by atoms with Gasteiger partial charge in [-0.15, -0.1) is 12.4 Å². The summed E-state index contributed by atoms with van der Waals surface area (Å²) < 4.78 is 10.6. The highest BCUT2D eigenvalue weighted by Gasteiger charge is 2.20. The van der Waals surface area contributed by atoms with Crippen LogP contribution in [0.5, 0.6) is 0 Å². The van der Waals surface area contributed by atoms with Crippen LogP contribution >= 0.6 is 24.0 Å². The summed E-state index contributed by atoms with van der Waals surface area (Å²) >= 11 is 5.94. The fourth-order valence-electron chi connectivity index (χ4n) is 3.42. The Hall–Kier alpha value is -2.21. The molecule has 28 heavy (non-hydrogen) atoms. The first-order valence-corrected chi connectivity index (χ1v) is 9.48. The molecule has 1 aromatic heterocycles. The van der Waals surface area contributed by atoms with Crippen molar-refractivity contribution in [2.45, 2.75) is 6.42 Å². The van der Waals surface area contributed by atoms with Crippen LogP contribution in [0.4, 0.5) is 5.69 Å². The van der Waals surface area contributed by atoms with E-state index in [0.29, 0.717) is 23.0 Å². The van der Waals surface area contributed by atoms with Gasteiger partial charge in [-0.1, -0.05) is 29.8 Å². The molecule has 4 rings (SSSR count). The minimum Gasteiger partial charge on any atom is -0.395 e. The summed E-state index contributed by atoms with van der Waals surface area (Å²) in [5.74, 6) is 0.427. The molecule has 1 aliphatic heterocycles. The highest BCUT2D eigenvalue weighted by atomic mass is 35.5. The van der Waals surface area contributed by atoms with E-state index in [2.05, 4.69) is 34.1 Å². The van der Waals surface area contributed by atoms with Gasteiger partial charge < -0.3 is 13.7 Å². The van der Waals surface area contributed by atoms with Crippen molar-refractivity contribution < 1.29 is 8.83 Å². The standard InChI is InChI=1S/C21H21ClN2O3.ClH/c22-17-8-6-16(7-9-17)20-19(26-21(25)27-20)10-11-23-12-14-24(15-13-23)18-4-2-1-3-5-18;/h1-9H,10-15H2;1H. The number of rotatable bonds is 5. The molecule has 0 bridgehead atoms. The van der Waals surface area contributed by atoms with Crippen molar-refractivity contribution in [1.29, 1.82) is 0 Å². The van der Waals surface area contributed by atoms with Gasteiger partial charge in [-0.05, 0) is 36.4 Å². The van der Waals surface area contributed by atoms with E-state index in [0.717, 1.165) is 38.3 Å². The average molecular weight is 421 g/mol. The van der Waals surface area contributed by atoms with E-state index in [1.807, 2.05) is 18.2 Å². The molecule has 0 spiro atoms. The maximum Gasteiger partial charge on any atom is 0.519 e. The van der Waals surface area contributed by atoms with E-state index in [-0.39, 0.29) is 12.4 Å². The summed E-state index contributed by atoms with van der Waals surface area (Å²) in [4.78, 5) is 16.4. The quantitative estimate of drug-likeness (QED) is 0.614. The molecule has 2 heterocycles. The highest BCUT2D eigenvalue weighted by Crippen LogP contribution is 2.25. The molecule has 0 unspecified atom stereocenters. The van der Waals surface area contributed by atoms with Gasteiger partial charge in [-0.3, -0.25) is 4.90 Å².